The third-order valence-corrected chi connectivity index (χ3v) is 18.3. The summed E-state index contributed by atoms with van der Waals surface area (Å²) in [6.45, 7) is 13.9. The minimum atomic E-state index is 0.0111. The van der Waals surface area contributed by atoms with Crippen LogP contribution in [0.2, 0.25) is 0 Å². The first-order chi connectivity index (χ1) is 40.0. The highest BCUT2D eigenvalue weighted by Gasteiger charge is 2.31. The van der Waals surface area contributed by atoms with Gasteiger partial charge in [0.1, 0.15) is 0 Å². The Morgan fingerprint density at radius 3 is 0.744 bits per heavy atom. The summed E-state index contributed by atoms with van der Waals surface area (Å²) in [6, 6.07) is 97.4. The second-order valence-electron chi connectivity index (χ2n) is 25.0. The van der Waals surface area contributed by atoms with Gasteiger partial charge >= 0.3 is 0 Å². The lowest BCUT2D eigenvalue weighted by molar-refractivity contribution is 0.590. The summed E-state index contributed by atoms with van der Waals surface area (Å²) in [5, 5.41) is 22.9. The van der Waals surface area contributed by atoms with Crippen molar-refractivity contribution in [2.75, 3.05) is 0 Å². The highest BCUT2D eigenvalue weighted by atomic mass is 14.3. The Bertz CT molecular complexity index is 4770. The van der Waals surface area contributed by atoms with Gasteiger partial charge in [0.05, 0.1) is 0 Å². The highest BCUT2D eigenvalue weighted by Crippen LogP contribution is 2.58. The van der Waals surface area contributed by atoms with Crippen LogP contribution >= 0.6 is 0 Å². The van der Waals surface area contributed by atoms with E-state index < -0.39 is 0 Å². The molecular formula is C82H60. The van der Waals surface area contributed by atoms with Crippen molar-refractivity contribution in [3.63, 3.8) is 0 Å². The van der Waals surface area contributed by atoms with Crippen LogP contribution in [0.1, 0.15) is 52.7 Å². The molecule has 16 aromatic carbocycles. The number of rotatable bonds is 6. The first-order valence-corrected chi connectivity index (χ1v) is 29.2. The van der Waals surface area contributed by atoms with Crippen molar-refractivity contribution in [1.29, 1.82) is 0 Å². The summed E-state index contributed by atoms with van der Waals surface area (Å²) in [5.74, 6) is 0. The first kappa shape index (κ1) is 48.3. The molecule has 16 rings (SSSR count). The topological polar surface area (TPSA) is 0 Å². The van der Waals surface area contributed by atoms with E-state index >= 15 is 0 Å². The predicted molar refractivity (Wildman–Crippen MR) is 356 cm³/mol. The van der Waals surface area contributed by atoms with E-state index in [0.29, 0.717) is 0 Å². The molecule has 0 heterocycles. The van der Waals surface area contributed by atoms with Gasteiger partial charge < -0.3 is 0 Å². The van der Waals surface area contributed by atoms with E-state index in [1.807, 2.05) is 0 Å². The normalized spacial score (nSPS) is 12.5. The summed E-state index contributed by atoms with van der Waals surface area (Å²) < 4.78 is 0. The van der Waals surface area contributed by atoms with Gasteiger partial charge in [0.25, 0.3) is 0 Å². The maximum absolute atomic E-state index is 2.59. The molecule has 0 aromatic heterocycles. The molecule has 0 unspecified atom stereocenters. The Hall–Kier alpha value is -9.62. The number of fused-ring (bicyclic) bond motifs is 4. The number of hydrogen-bond donors (Lipinski definition) is 0. The van der Waals surface area contributed by atoms with Crippen molar-refractivity contribution in [1.82, 2.24) is 0 Å². The molecular weight excluding hydrogens is 985 g/mol. The molecule has 388 valence electrons. The Kier molecular flexibility index (Phi) is 10.6. The van der Waals surface area contributed by atoms with Crippen LogP contribution in [0.3, 0.4) is 0 Å². The number of benzene rings is 16. The third-order valence-electron chi connectivity index (χ3n) is 18.3. The maximum atomic E-state index is 2.59. The van der Waals surface area contributed by atoms with Crippen molar-refractivity contribution in [3.05, 3.63) is 266 Å². The Morgan fingerprint density at radius 1 is 0.183 bits per heavy atom. The van der Waals surface area contributed by atoms with Crippen LogP contribution in [0.4, 0.5) is 0 Å². The van der Waals surface area contributed by atoms with Gasteiger partial charge in [-0.2, -0.15) is 0 Å². The quantitative estimate of drug-likeness (QED) is 0.115. The van der Waals surface area contributed by atoms with Crippen LogP contribution in [0.15, 0.2) is 255 Å². The fourth-order valence-corrected chi connectivity index (χ4v) is 14.5. The molecule has 0 saturated heterocycles. The van der Waals surface area contributed by atoms with Crippen molar-refractivity contribution < 1.29 is 0 Å². The minimum absolute atomic E-state index is 0.0111. The van der Waals surface area contributed by atoms with E-state index in [4.69, 9.17) is 0 Å². The van der Waals surface area contributed by atoms with Crippen molar-refractivity contribution >= 4 is 97.0 Å². The van der Waals surface area contributed by atoms with Gasteiger partial charge in [0.2, 0.25) is 0 Å². The molecule has 0 saturated carbocycles. The second-order valence-corrected chi connectivity index (χ2v) is 25.0. The lowest BCUT2D eigenvalue weighted by atomic mass is 9.74. The Balaban J connectivity index is 1.17. The van der Waals surface area contributed by atoms with Gasteiger partial charge in [-0.3, -0.25) is 0 Å². The summed E-state index contributed by atoms with van der Waals surface area (Å²) in [4.78, 5) is 0. The van der Waals surface area contributed by atoms with E-state index in [0.717, 1.165) is 0 Å². The molecule has 0 aliphatic heterocycles. The van der Waals surface area contributed by atoms with Crippen LogP contribution < -0.4 is 0 Å². The molecule has 0 bridgehead atoms. The van der Waals surface area contributed by atoms with Crippen molar-refractivity contribution in [3.8, 4) is 66.8 Å². The molecule has 0 nitrogen and oxygen atoms in total. The first-order valence-electron chi connectivity index (χ1n) is 29.2. The van der Waals surface area contributed by atoms with Gasteiger partial charge in [0, 0.05) is 0 Å². The molecule has 0 spiro atoms. The molecule has 0 heteroatoms. The number of hydrogen-bond acceptors (Lipinski definition) is 0. The van der Waals surface area contributed by atoms with Gasteiger partial charge in [-0.25, -0.2) is 0 Å². The highest BCUT2D eigenvalue weighted by molar-refractivity contribution is 6.47. The minimum Gasteiger partial charge on any atom is -0.0622 e. The molecule has 0 atom stereocenters. The van der Waals surface area contributed by atoms with Gasteiger partial charge in [-0.1, -0.05) is 284 Å². The zero-order valence-electron chi connectivity index (χ0n) is 47.2. The van der Waals surface area contributed by atoms with E-state index in [1.54, 1.807) is 0 Å². The van der Waals surface area contributed by atoms with Crippen LogP contribution in [0.25, 0.3) is 164 Å². The molecule has 0 aliphatic rings. The lowest BCUT2D eigenvalue weighted by Gasteiger charge is -2.28. The molecule has 0 amide bonds. The zero-order valence-corrected chi connectivity index (χ0v) is 47.2. The van der Waals surface area contributed by atoms with Crippen LogP contribution in [-0.2, 0) is 10.8 Å². The molecule has 16 aromatic rings. The molecule has 82 heavy (non-hydrogen) atoms. The van der Waals surface area contributed by atoms with Gasteiger partial charge in [-0.05, 0) is 198 Å². The summed E-state index contributed by atoms with van der Waals surface area (Å²) >= 11 is 0. The summed E-state index contributed by atoms with van der Waals surface area (Å²) in [7, 11) is 0. The van der Waals surface area contributed by atoms with E-state index in [-0.39, 0.29) is 10.8 Å². The largest absolute Gasteiger partial charge is 0.0622 e. The Labute approximate surface area is 479 Å². The molecule has 0 fully saturated rings. The third kappa shape index (κ3) is 7.10. The average Bonchev–Trinajstić information content (AvgIpc) is 1.79. The monoisotopic (exact) mass is 1040 g/mol. The fourth-order valence-electron chi connectivity index (χ4n) is 14.5. The summed E-state index contributed by atoms with van der Waals surface area (Å²) in [6.07, 6.45) is 0. The molecule has 0 N–H and O–H groups in total. The fraction of sp³-hybridized carbons (Fsp3) is 0.0976. The molecule has 0 aliphatic carbocycles. The van der Waals surface area contributed by atoms with Crippen LogP contribution in [-0.4, -0.2) is 0 Å². The zero-order chi connectivity index (χ0) is 55.2. The van der Waals surface area contributed by atoms with E-state index in [1.165, 1.54) is 175 Å². The standard InChI is InChI=1S/C82H60/c1-81(2,3)53-43-39-49(40-44-53)67-47-69-77(73-59-31-17-13-27-55(59)71(51-23-9-7-10-24-51)56-28-14-18-32-60(56)73)66-38-22-36-64-68(50-41-45-54(46-42-50)82(4,5)6)48-70-78(65-37-21-35-63(67)75(65)79(69)80(70)76(64)66)74-61-33-19-15-29-57(61)72(52-25-11-8-12-26-52)58-30-16-20-34-62(58)74/h7-48H,1-6H3. The second kappa shape index (κ2) is 17.9. The predicted octanol–water partition coefficient (Wildman–Crippen LogP) is 23.5. The SMILES string of the molecule is CC(C)(C)c1ccc(-c2cc3c(-c4c5ccccc5c(-c5ccccc5)c5ccccc45)c4cccc5c(-c6ccc(C(C)(C)C)cc6)cc6c(-c7c8ccccc8c(-c8ccccc8)c8ccccc78)c7cccc2c7c3c6c54)cc1. The van der Waals surface area contributed by atoms with Crippen molar-refractivity contribution in [2.45, 2.75) is 52.4 Å². The van der Waals surface area contributed by atoms with Crippen molar-refractivity contribution in [2.24, 2.45) is 0 Å². The van der Waals surface area contributed by atoms with E-state index in [9.17, 15) is 0 Å². The van der Waals surface area contributed by atoms with Gasteiger partial charge in [0.15, 0.2) is 0 Å². The Morgan fingerprint density at radius 2 is 0.439 bits per heavy atom. The molecule has 0 radical (unpaired) electrons. The lowest BCUT2D eigenvalue weighted by Crippen LogP contribution is -2.10. The smallest absolute Gasteiger partial charge is 0.000695 e. The van der Waals surface area contributed by atoms with Gasteiger partial charge in [-0.15, -0.1) is 0 Å². The van der Waals surface area contributed by atoms with Crippen LogP contribution in [0, 0.1) is 0 Å². The van der Waals surface area contributed by atoms with E-state index in [2.05, 4.69) is 296 Å². The average molecular weight is 1050 g/mol. The maximum Gasteiger partial charge on any atom is -0.000695 e. The van der Waals surface area contributed by atoms with Crippen LogP contribution in [0.5, 0.6) is 0 Å². The summed E-state index contributed by atoms with van der Waals surface area (Å²) in [5.41, 5.74) is 17.7.